The molecule has 4 aromatic rings. The van der Waals surface area contributed by atoms with E-state index in [0.29, 0.717) is 37.5 Å². The Labute approximate surface area is 244 Å². The van der Waals surface area contributed by atoms with E-state index < -0.39 is 0 Å². The summed E-state index contributed by atoms with van der Waals surface area (Å²) in [6.07, 6.45) is 0.704. The van der Waals surface area contributed by atoms with E-state index in [4.69, 9.17) is 19.2 Å². The molecule has 41 heavy (non-hydrogen) atoms. The molecule has 3 aromatic carbocycles. The van der Waals surface area contributed by atoms with Crippen molar-refractivity contribution in [2.24, 2.45) is 0 Å². The Bertz CT molecular complexity index is 1540. The maximum atomic E-state index is 14.1. The number of hydrogen-bond donors (Lipinski definition) is 0. The number of hydrogen-bond acceptors (Lipinski definition) is 7. The van der Waals surface area contributed by atoms with Crippen molar-refractivity contribution in [2.75, 3.05) is 43.7 Å². The van der Waals surface area contributed by atoms with Crippen molar-refractivity contribution in [1.29, 1.82) is 0 Å². The average molecular weight is 566 g/mol. The minimum atomic E-state index is -0.165. The van der Waals surface area contributed by atoms with Crippen LogP contribution in [0.1, 0.15) is 38.9 Å². The molecule has 1 aromatic heterocycles. The Morgan fingerprint density at radius 2 is 1.61 bits per heavy atom. The summed E-state index contributed by atoms with van der Waals surface area (Å²) in [5.74, 6) is 2.19. The van der Waals surface area contributed by atoms with Crippen LogP contribution in [0.4, 0.5) is 5.69 Å². The zero-order valence-electron chi connectivity index (χ0n) is 22.7. The molecule has 1 fully saturated rings. The van der Waals surface area contributed by atoms with Crippen LogP contribution in [0, 0.1) is 0 Å². The Kier molecular flexibility index (Phi) is 7.25. The number of amides is 1. The first kappa shape index (κ1) is 25.9. The van der Waals surface area contributed by atoms with E-state index in [1.165, 1.54) is 10.5 Å². The van der Waals surface area contributed by atoms with Gasteiger partial charge in [0.25, 0.3) is 5.91 Å². The largest absolute Gasteiger partial charge is 0.454 e. The maximum Gasteiger partial charge on any atom is 0.256 e. The van der Waals surface area contributed by atoms with Crippen LogP contribution in [-0.4, -0.2) is 54.6 Å². The van der Waals surface area contributed by atoms with E-state index in [-0.39, 0.29) is 18.7 Å². The molecule has 0 aliphatic carbocycles. The number of pyridine rings is 1. The second-order valence-corrected chi connectivity index (χ2v) is 11.5. The van der Waals surface area contributed by atoms with E-state index in [1.807, 2.05) is 47.4 Å². The average Bonchev–Trinajstić information content (AvgIpc) is 3.59. The molecule has 3 aliphatic rings. The van der Waals surface area contributed by atoms with Crippen molar-refractivity contribution < 1.29 is 19.0 Å². The van der Waals surface area contributed by atoms with E-state index in [2.05, 4.69) is 47.4 Å². The molecule has 1 unspecified atom stereocenters. The van der Waals surface area contributed by atoms with Crippen molar-refractivity contribution in [1.82, 2.24) is 9.88 Å². The van der Waals surface area contributed by atoms with Crippen molar-refractivity contribution in [3.05, 3.63) is 113 Å². The number of rotatable bonds is 8. The van der Waals surface area contributed by atoms with Crippen LogP contribution >= 0.6 is 11.8 Å². The Hall–Kier alpha value is -4.01. The first-order valence-electron chi connectivity index (χ1n) is 14.0. The maximum absolute atomic E-state index is 14.1. The number of fused-ring (bicyclic) bond motifs is 2. The number of carbonyl (C=O) groups excluding carboxylic acids is 1. The molecule has 208 valence electrons. The topological polar surface area (TPSA) is 64.1 Å². The van der Waals surface area contributed by atoms with Crippen LogP contribution in [0.2, 0.25) is 0 Å². The molecule has 1 amide bonds. The van der Waals surface area contributed by atoms with Gasteiger partial charge in [-0.3, -0.25) is 9.78 Å². The highest BCUT2D eigenvalue weighted by atomic mass is 32.2. The number of morpholine rings is 1. The van der Waals surface area contributed by atoms with Crippen LogP contribution in [0.15, 0.2) is 89.8 Å². The Morgan fingerprint density at radius 1 is 0.854 bits per heavy atom. The highest BCUT2D eigenvalue weighted by molar-refractivity contribution is 7.99. The van der Waals surface area contributed by atoms with E-state index in [9.17, 15) is 4.79 Å². The predicted octanol–water partition coefficient (Wildman–Crippen LogP) is 5.73. The molecule has 4 heterocycles. The van der Waals surface area contributed by atoms with Gasteiger partial charge in [0.2, 0.25) is 6.79 Å². The molecule has 7 rings (SSSR count). The van der Waals surface area contributed by atoms with Crippen LogP contribution in [0.25, 0.3) is 0 Å². The van der Waals surface area contributed by atoms with Crippen LogP contribution in [-0.2, 0) is 17.7 Å². The number of nitrogens with zero attached hydrogens (tertiary/aromatic N) is 3. The van der Waals surface area contributed by atoms with Gasteiger partial charge >= 0.3 is 0 Å². The fourth-order valence-corrected chi connectivity index (χ4v) is 6.74. The Morgan fingerprint density at radius 3 is 2.41 bits per heavy atom. The molecule has 0 spiro atoms. The van der Waals surface area contributed by atoms with E-state index in [1.54, 1.807) is 11.8 Å². The van der Waals surface area contributed by atoms with Crippen LogP contribution in [0.3, 0.4) is 0 Å². The molecule has 7 nitrogen and oxygen atoms in total. The third kappa shape index (κ3) is 5.37. The van der Waals surface area contributed by atoms with Gasteiger partial charge in [-0.1, -0.05) is 54.6 Å². The summed E-state index contributed by atoms with van der Waals surface area (Å²) in [6.45, 7) is 3.59. The number of thioether (sulfide) groups is 1. The molecule has 1 saturated heterocycles. The lowest BCUT2D eigenvalue weighted by Gasteiger charge is -2.30. The summed E-state index contributed by atoms with van der Waals surface area (Å²) in [6, 6.07) is 28.6. The first-order chi connectivity index (χ1) is 20.2. The molecule has 3 aliphatic heterocycles. The molecule has 1 atom stereocenters. The van der Waals surface area contributed by atoms with E-state index in [0.717, 1.165) is 47.2 Å². The zero-order valence-corrected chi connectivity index (χ0v) is 23.5. The molecule has 0 radical (unpaired) electrons. The van der Waals surface area contributed by atoms with Gasteiger partial charge in [0, 0.05) is 36.7 Å². The highest BCUT2D eigenvalue weighted by Gasteiger charge is 2.39. The number of aromatic nitrogens is 1. The van der Waals surface area contributed by atoms with Gasteiger partial charge in [-0.2, -0.15) is 0 Å². The summed E-state index contributed by atoms with van der Waals surface area (Å²) >= 11 is 1.75. The number of carbonyl (C=O) groups is 1. The van der Waals surface area contributed by atoms with Gasteiger partial charge in [-0.25, -0.2) is 0 Å². The molecule has 0 saturated carbocycles. The summed E-state index contributed by atoms with van der Waals surface area (Å²) in [4.78, 5) is 24.9. The number of ether oxygens (including phenoxy) is 3. The fraction of sp³-hybridized carbons (Fsp3) is 0.273. The van der Waals surface area contributed by atoms with Crippen LogP contribution in [0.5, 0.6) is 11.5 Å². The number of benzene rings is 3. The van der Waals surface area contributed by atoms with Gasteiger partial charge in [0.15, 0.2) is 11.5 Å². The molecule has 8 heteroatoms. The molecular weight excluding hydrogens is 534 g/mol. The van der Waals surface area contributed by atoms with Gasteiger partial charge in [0.05, 0.1) is 41.9 Å². The van der Waals surface area contributed by atoms with Gasteiger partial charge < -0.3 is 24.0 Å². The van der Waals surface area contributed by atoms with Crippen molar-refractivity contribution in [2.45, 2.75) is 23.9 Å². The summed E-state index contributed by atoms with van der Waals surface area (Å²) in [5.41, 5.74) is 5.80. The second-order valence-electron chi connectivity index (χ2n) is 10.4. The van der Waals surface area contributed by atoms with Crippen LogP contribution < -0.4 is 14.4 Å². The summed E-state index contributed by atoms with van der Waals surface area (Å²) in [5, 5.41) is 0. The number of anilines is 1. The minimum absolute atomic E-state index is 0.0181. The minimum Gasteiger partial charge on any atom is -0.454 e. The quantitative estimate of drug-likeness (QED) is 0.253. The third-order valence-electron chi connectivity index (χ3n) is 7.80. The lowest BCUT2D eigenvalue weighted by atomic mass is 10.0. The van der Waals surface area contributed by atoms with Crippen molar-refractivity contribution in [3.8, 4) is 11.5 Å². The lowest BCUT2D eigenvalue weighted by Crippen LogP contribution is -2.37. The summed E-state index contributed by atoms with van der Waals surface area (Å²) < 4.78 is 16.8. The van der Waals surface area contributed by atoms with Crippen molar-refractivity contribution in [3.63, 3.8) is 0 Å². The molecular formula is C33H31N3O4S. The van der Waals surface area contributed by atoms with Crippen molar-refractivity contribution >= 4 is 23.4 Å². The van der Waals surface area contributed by atoms with Gasteiger partial charge in [-0.05, 0) is 41.5 Å². The standard InChI is InChI=1S/C33H31N3O4S/c37-33-26-19-28(35-13-15-38-16-14-35)27(17-23-7-3-1-4-8-23)34-32(26)29(21-41-25-9-5-2-6-10-25)36(33)20-24-11-12-30-31(18-24)40-22-39-30/h1-12,18-19,29H,13-17,20-22H2. The first-order valence-corrected chi connectivity index (χ1v) is 15.0. The summed E-state index contributed by atoms with van der Waals surface area (Å²) in [7, 11) is 0. The zero-order chi connectivity index (χ0) is 27.6. The predicted molar refractivity (Wildman–Crippen MR) is 159 cm³/mol. The molecule has 0 bridgehead atoms. The highest BCUT2D eigenvalue weighted by Crippen LogP contribution is 2.41. The fourth-order valence-electron chi connectivity index (χ4n) is 5.70. The van der Waals surface area contributed by atoms with E-state index >= 15 is 0 Å². The lowest BCUT2D eigenvalue weighted by molar-refractivity contribution is 0.0724. The van der Waals surface area contributed by atoms with Gasteiger partial charge in [-0.15, -0.1) is 11.8 Å². The molecule has 0 N–H and O–H groups in total. The Balaban J connectivity index is 1.27. The second kappa shape index (κ2) is 11.5. The normalized spacial score (nSPS) is 17.7. The third-order valence-corrected chi connectivity index (χ3v) is 8.89. The van der Waals surface area contributed by atoms with Gasteiger partial charge in [0.1, 0.15) is 0 Å². The monoisotopic (exact) mass is 565 g/mol. The SMILES string of the molecule is O=C1c2cc(N3CCOCC3)c(Cc3ccccc3)nc2C(CSc2ccccc2)N1Cc1ccc2c(c1)OCO2. The smallest absolute Gasteiger partial charge is 0.256 e.